The van der Waals surface area contributed by atoms with Gasteiger partial charge in [0.2, 0.25) is 0 Å². The van der Waals surface area contributed by atoms with Crippen LogP contribution in [0.4, 0.5) is 0 Å². The normalized spacial score (nSPS) is 13.8. The van der Waals surface area contributed by atoms with Crippen molar-refractivity contribution >= 4 is 25.7 Å². The molecule has 0 heterocycles. The van der Waals surface area contributed by atoms with Crippen molar-refractivity contribution in [2.24, 2.45) is 5.73 Å². The largest absolute Gasteiger partial charge is 0.480 e. The molecule has 4 N–H and O–H groups in total. The molecule has 0 bridgehead atoms. The highest BCUT2D eigenvalue weighted by molar-refractivity contribution is 7.47. The number of hydrogen-bond acceptors (Lipinski definition) is 9. The number of aliphatic carboxylic acids is 1. The average Bonchev–Trinajstić information content (AvgIpc) is 3.16. The van der Waals surface area contributed by atoms with Gasteiger partial charge < -0.3 is 25.2 Å². The van der Waals surface area contributed by atoms with Crippen molar-refractivity contribution in [2.75, 3.05) is 19.8 Å². The van der Waals surface area contributed by atoms with Crippen LogP contribution in [-0.4, -0.2) is 59.9 Å². The number of carbonyl (C=O) groups is 3. The molecule has 0 aromatic carbocycles. The number of allylic oxidation sites excluding steroid dienone is 2. The summed E-state index contributed by atoms with van der Waals surface area (Å²) in [7, 11) is -4.71. The maximum Gasteiger partial charge on any atom is 0.472 e. The number of carboxylic acids is 1. The number of phosphoric acid groups is 1. The molecule has 0 fully saturated rings. The second-order valence-electron chi connectivity index (χ2n) is 15.2. The molecule has 0 aliphatic carbocycles. The highest BCUT2D eigenvalue weighted by atomic mass is 31.2. The summed E-state index contributed by atoms with van der Waals surface area (Å²) in [5.41, 5.74) is 5.33. The van der Waals surface area contributed by atoms with Crippen molar-refractivity contribution in [3.05, 3.63) is 12.2 Å². The van der Waals surface area contributed by atoms with E-state index in [0.29, 0.717) is 12.8 Å². The number of carboxylic acid groups (broad SMARTS) is 1. The van der Waals surface area contributed by atoms with Crippen LogP contribution in [0.15, 0.2) is 12.2 Å². The summed E-state index contributed by atoms with van der Waals surface area (Å²) in [4.78, 5) is 45.9. The molecular weight excluding hydrogens is 721 g/mol. The van der Waals surface area contributed by atoms with Crippen molar-refractivity contribution in [1.29, 1.82) is 0 Å². The number of nitrogens with two attached hydrogens (primary N) is 1. The van der Waals surface area contributed by atoms with Gasteiger partial charge in [0.15, 0.2) is 6.10 Å². The second kappa shape index (κ2) is 39.1. The minimum absolute atomic E-state index is 0.155. The minimum Gasteiger partial charge on any atom is -0.480 e. The zero-order chi connectivity index (χ0) is 40.7. The number of phosphoric ester groups is 1. The summed E-state index contributed by atoms with van der Waals surface area (Å²) < 4.78 is 32.7. The Bertz CT molecular complexity index is 995. The zero-order valence-corrected chi connectivity index (χ0v) is 35.9. The minimum atomic E-state index is -4.71. The quantitative estimate of drug-likeness (QED) is 0.0232. The van der Waals surface area contributed by atoms with Crippen LogP contribution in [-0.2, 0) is 37.5 Å². The molecule has 0 radical (unpaired) electrons. The van der Waals surface area contributed by atoms with Crippen molar-refractivity contribution in [3.63, 3.8) is 0 Å². The lowest BCUT2D eigenvalue weighted by atomic mass is 10.0. The SMILES string of the molecule is CCCCC/C=C/CCCCCCCC(=O)O[C@@H](COC(=O)CCCCCCCCCCCCCCCCCCCCC)COP(=O)(O)OC[C@@H](N)C(=O)O. The number of ether oxygens (including phenoxy) is 2. The Morgan fingerprint density at radius 1 is 0.545 bits per heavy atom. The van der Waals surface area contributed by atoms with E-state index in [-0.39, 0.29) is 19.4 Å². The lowest BCUT2D eigenvalue weighted by molar-refractivity contribution is -0.161. The predicted molar refractivity (Wildman–Crippen MR) is 222 cm³/mol. The van der Waals surface area contributed by atoms with Crippen molar-refractivity contribution < 1.29 is 47.5 Å². The monoisotopic (exact) mass is 804 g/mol. The Labute approximate surface area is 335 Å². The molecule has 55 heavy (non-hydrogen) atoms. The smallest absolute Gasteiger partial charge is 0.472 e. The van der Waals surface area contributed by atoms with Crippen molar-refractivity contribution in [3.8, 4) is 0 Å². The average molecular weight is 804 g/mol. The molecule has 0 spiro atoms. The van der Waals surface area contributed by atoms with Gasteiger partial charge in [0, 0.05) is 12.8 Å². The molecule has 0 amide bonds. The number of esters is 2. The number of carbonyl (C=O) groups excluding carboxylic acids is 2. The first-order valence-corrected chi connectivity index (χ1v) is 23.7. The van der Waals surface area contributed by atoms with E-state index in [2.05, 4.69) is 30.5 Å². The fraction of sp³-hybridized carbons (Fsp3) is 0.884. The van der Waals surface area contributed by atoms with E-state index in [1.165, 1.54) is 116 Å². The topological polar surface area (TPSA) is 172 Å². The summed E-state index contributed by atoms with van der Waals surface area (Å²) in [6, 6.07) is -1.52. The van der Waals surface area contributed by atoms with E-state index in [9.17, 15) is 23.8 Å². The fourth-order valence-electron chi connectivity index (χ4n) is 6.24. The maximum absolute atomic E-state index is 12.6. The standard InChI is InChI=1S/C43H82NO10P/c1-3-5-7-9-11-13-15-17-18-19-20-21-22-23-25-26-28-30-32-34-41(45)51-36-39(37-52-55(49,50)53-38-40(44)43(47)48)54-42(46)35-33-31-29-27-24-16-14-12-10-8-6-4-2/h12,14,39-40H,3-11,13,15-38,44H2,1-2H3,(H,47,48)(H,49,50)/b14-12+/t39-,40+/m0/s1. The lowest BCUT2D eigenvalue weighted by Gasteiger charge is -2.20. The van der Waals surface area contributed by atoms with Crippen LogP contribution < -0.4 is 5.73 Å². The Morgan fingerprint density at radius 3 is 1.36 bits per heavy atom. The molecule has 3 atom stereocenters. The van der Waals surface area contributed by atoms with Crippen LogP contribution in [0.25, 0.3) is 0 Å². The maximum atomic E-state index is 12.6. The third-order valence-electron chi connectivity index (χ3n) is 9.76. The number of hydrogen-bond donors (Lipinski definition) is 3. The zero-order valence-electron chi connectivity index (χ0n) is 35.0. The first-order chi connectivity index (χ1) is 26.6. The molecule has 0 aromatic heterocycles. The van der Waals surface area contributed by atoms with Gasteiger partial charge in [-0.05, 0) is 38.5 Å². The van der Waals surface area contributed by atoms with Crippen LogP contribution >= 0.6 is 7.82 Å². The Hall–Kier alpha value is -1.78. The molecule has 0 rings (SSSR count). The van der Waals surface area contributed by atoms with Gasteiger partial charge in [0.25, 0.3) is 0 Å². The van der Waals surface area contributed by atoms with Gasteiger partial charge in [-0.15, -0.1) is 0 Å². The predicted octanol–water partition coefficient (Wildman–Crippen LogP) is 11.7. The van der Waals surface area contributed by atoms with Crippen LogP contribution in [0.5, 0.6) is 0 Å². The van der Waals surface area contributed by atoms with Gasteiger partial charge >= 0.3 is 25.7 Å². The summed E-state index contributed by atoms with van der Waals surface area (Å²) in [6.45, 7) is 2.79. The molecule has 0 saturated heterocycles. The fourth-order valence-corrected chi connectivity index (χ4v) is 7.02. The first-order valence-electron chi connectivity index (χ1n) is 22.2. The van der Waals surface area contributed by atoms with Gasteiger partial charge in [0.1, 0.15) is 12.6 Å². The molecule has 1 unspecified atom stereocenters. The van der Waals surface area contributed by atoms with Gasteiger partial charge in [-0.1, -0.05) is 174 Å². The molecular formula is C43H82NO10P. The number of rotatable bonds is 42. The highest BCUT2D eigenvalue weighted by Gasteiger charge is 2.28. The number of unbranched alkanes of at least 4 members (excludes halogenated alkanes) is 26. The van der Waals surface area contributed by atoms with Gasteiger partial charge in [-0.25, -0.2) is 4.57 Å². The molecule has 11 nitrogen and oxygen atoms in total. The van der Waals surface area contributed by atoms with Crippen molar-refractivity contribution in [2.45, 2.75) is 225 Å². The highest BCUT2D eigenvalue weighted by Crippen LogP contribution is 2.43. The van der Waals surface area contributed by atoms with Crippen LogP contribution in [0.2, 0.25) is 0 Å². The Balaban J connectivity index is 4.26. The third-order valence-corrected chi connectivity index (χ3v) is 10.7. The van der Waals surface area contributed by atoms with Gasteiger partial charge in [0.05, 0.1) is 13.2 Å². The van der Waals surface area contributed by atoms with E-state index in [4.69, 9.17) is 24.8 Å². The molecule has 0 aliphatic rings. The molecule has 0 aliphatic heterocycles. The van der Waals surface area contributed by atoms with E-state index in [0.717, 1.165) is 57.8 Å². The molecule has 324 valence electrons. The van der Waals surface area contributed by atoms with E-state index >= 15 is 0 Å². The molecule has 0 saturated carbocycles. The van der Waals surface area contributed by atoms with E-state index < -0.39 is 51.1 Å². The summed E-state index contributed by atoms with van der Waals surface area (Å²) in [6.07, 6.45) is 38.5. The van der Waals surface area contributed by atoms with Crippen LogP contribution in [0.1, 0.15) is 213 Å². The van der Waals surface area contributed by atoms with Crippen LogP contribution in [0.3, 0.4) is 0 Å². The third kappa shape index (κ3) is 38.9. The van der Waals surface area contributed by atoms with Crippen LogP contribution in [0, 0.1) is 0 Å². The van der Waals surface area contributed by atoms with Gasteiger partial charge in [-0.2, -0.15) is 0 Å². The Morgan fingerprint density at radius 2 is 0.909 bits per heavy atom. The van der Waals surface area contributed by atoms with E-state index in [1.54, 1.807) is 0 Å². The summed E-state index contributed by atoms with van der Waals surface area (Å²) in [5, 5.41) is 8.88. The second-order valence-corrected chi connectivity index (χ2v) is 16.6. The lowest BCUT2D eigenvalue weighted by Crippen LogP contribution is -2.34. The summed E-state index contributed by atoms with van der Waals surface area (Å²) in [5.74, 6) is -2.38. The first kappa shape index (κ1) is 53.2. The Kier molecular flexibility index (Phi) is 37.8. The molecule has 0 aromatic rings. The summed E-state index contributed by atoms with van der Waals surface area (Å²) >= 11 is 0. The van der Waals surface area contributed by atoms with Gasteiger partial charge in [-0.3, -0.25) is 23.4 Å². The van der Waals surface area contributed by atoms with Crippen molar-refractivity contribution in [1.82, 2.24) is 0 Å². The van der Waals surface area contributed by atoms with E-state index in [1.807, 2.05) is 0 Å². The molecule has 12 heteroatoms.